The summed E-state index contributed by atoms with van der Waals surface area (Å²) >= 11 is 0. The van der Waals surface area contributed by atoms with Crippen LogP contribution in [-0.2, 0) is 0 Å². The Morgan fingerprint density at radius 1 is 0.722 bits per heavy atom. The Morgan fingerprint density at radius 3 is 1.67 bits per heavy atom. The van der Waals surface area contributed by atoms with Crippen LogP contribution in [0.3, 0.4) is 0 Å². The molecule has 0 radical (unpaired) electrons. The van der Waals surface area contributed by atoms with Crippen molar-refractivity contribution in [3.63, 3.8) is 0 Å². The van der Waals surface area contributed by atoms with Gasteiger partial charge in [-0.3, -0.25) is 9.97 Å². The van der Waals surface area contributed by atoms with Crippen LogP contribution in [0.15, 0.2) is 57.6 Å². The third-order valence-electron chi connectivity index (χ3n) is 2.82. The zero-order valence-corrected chi connectivity index (χ0v) is 9.33. The normalized spacial score (nSPS) is 11.3. The number of hydrogen-bond donors (Lipinski definition) is 0. The highest BCUT2D eigenvalue weighted by Crippen LogP contribution is 2.30. The van der Waals surface area contributed by atoms with E-state index in [1.54, 1.807) is 12.4 Å². The van der Waals surface area contributed by atoms with E-state index >= 15 is 0 Å². The predicted molar refractivity (Wildman–Crippen MR) is 67.0 cm³/mol. The summed E-state index contributed by atoms with van der Waals surface area (Å²) in [7, 11) is 0. The van der Waals surface area contributed by atoms with E-state index in [0.29, 0.717) is 11.5 Å². The van der Waals surface area contributed by atoms with Crippen molar-refractivity contribution in [3.05, 3.63) is 48.8 Å². The quantitative estimate of drug-likeness (QED) is 0.506. The zero-order chi connectivity index (χ0) is 11.9. The molecule has 18 heavy (non-hydrogen) atoms. The molecule has 0 N–H and O–H groups in total. The van der Waals surface area contributed by atoms with E-state index in [9.17, 15) is 0 Å². The number of fused-ring (bicyclic) bond motifs is 2. The summed E-state index contributed by atoms with van der Waals surface area (Å²) < 4.78 is 11.4. The Kier molecular flexibility index (Phi) is 1.80. The molecule has 4 nitrogen and oxygen atoms in total. The van der Waals surface area contributed by atoms with Gasteiger partial charge in [0.25, 0.3) is 0 Å². The molecule has 0 saturated carbocycles. The van der Waals surface area contributed by atoms with Crippen molar-refractivity contribution in [2.24, 2.45) is 0 Å². The summed E-state index contributed by atoms with van der Waals surface area (Å²) in [6, 6.07) is 11.2. The predicted octanol–water partition coefficient (Wildman–Crippen LogP) is 3.64. The van der Waals surface area contributed by atoms with Gasteiger partial charge in [0.15, 0.2) is 22.7 Å². The molecule has 0 unspecified atom stereocenters. The first-order chi connectivity index (χ1) is 8.90. The zero-order valence-electron chi connectivity index (χ0n) is 9.33. The van der Waals surface area contributed by atoms with E-state index in [1.807, 2.05) is 36.4 Å². The molecule has 4 aromatic rings. The Bertz CT molecular complexity index is 707. The fourth-order valence-corrected chi connectivity index (χ4v) is 1.98. The van der Waals surface area contributed by atoms with Crippen molar-refractivity contribution in [1.82, 2.24) is 9.97 Å². The molecule has 4 aromatic heterocycles. The van der Waals surface area contributed by atoms with Gasteiger partial charge < -0.3 is 8.83 Å². The van der Waals surface area contributed by atoms with Crippen LogP contribution in [0.1, 0.15) is 0 Å². The molecule has 0 aliphatic heterocycles. The number of hydrogen-bond acceptors (Lipinski definition) is 4. The molecule has 0 bridgehead atoms. The number of furan rings is 2. The molecule has 0 spiro atoms. The van der Waals surface area contributed by atoms with Gasteiger partial charge in [-0.1, -0.05) is 0 Å². The summed E-state index contributed by atoms with van der Waals surface area (Å²) in [5.41, 5.74) is 3.14. The van der Waals surface area contributed by atoms with Crippen LogP contribution in [0, 0.1) is 0 Å². The van der Waals surface area contributed by atoms with Gasteiger partial charge in [0, 0.05) is 24.5 Å². The Labute approximate surface area is 102 Å². The first kappa shape index (κ1) is 9.41. The third kappa shape index (κ3) is 1.32. The fourth-order valence-electron chi connectivity index (χ4n) is 1.98. The lowest BCUT2D eigenvalue weighted by Crippen LogP contribution is -1.67. The van der Waals surface area contributed by atoms with Crippen molar-refractivity contribution in [3.8, 4) is 11.5 Å². The smallest absolute Gasteiger partial charge is 0.172 e. The van der Waals surface area contributed by atoms with Gasteiger partial charge in [0.2, 0.25) is 0 Å². The molecule has 4 heteroatoms. The van der Waals surface area contributed by atoms with Crippen molar-refractivity contribution < 1.29 is 8.83 Å². The van der Waals surface area contributed by atoms with E-state index in [1.165, 1.54) is 0 Å². The first-order valence-corrected chi connectivity index (χ1v) is 5.60. The van der Waals surface area contributed by atoms with Crippen molar-refractivity contribution in [2.45, 2.75) is 0 Å². The molecule has 0 aliphatic rings. The number of pyridine rings is 2. The second-order valence-electron chi connectivity index (χ2n) is 3.99. The van der Waals surface area contributed by atoms with E-state index in [-0.39, 0.29) is 0 Å². The van der Waals surface area contributed by atoms with Gasteiger partial charge in [-0.2, -0.15) is 0 Å². The summed E-state index contributed by atoms with van der Waals surface area (Å²) in [6.07, 6.45) is 3.48. The molecule has 0 amide bonds. The average Bonchev–Trinajstić information content (AvgIpc) is 3.02. The SMILES string of the molecule is c1cnc2cc(-c3cc4ncccc4o3)oc2c1. The highest BCUT2D eigenvalue weighted by atomic mass is 16.4. The van der Waals surface area contributed by atoms with Crippen molar-refractivity contribution in [1.29, 1.82) is 0 Å². The average molecular weight is 236 g/mol. The van der Waals surface area contributed by atoms with Crippen LogP contribution in [0.2, 0.25) is 0 Å². The second kappa shape index (κ2) is 3.43. The summed E-state index contributed by atoms with van der Waals surface area (Å²) in [4.78, 5) is 8.46. The Morgan fingerprint density at radius 2 is 1.22 bits per heavy atom. The molecule has 4 heterocycles. The van der Waals surface area contributed by atoms with Gasteiger partial charge in [0.05, 0.1) is 0 Å². The monoisotopic (exact) mass is 236 g/mol. The van der Waals surface area contributed by atoms with E-state index in [2.05, 4.69) is 9.97 Å². The van der Waals surface area contributed by atoms with Crippen LogP contribution in [0.25, 0.3) is 33.7 Å². The van der Waals surface area contributed by atoms with Gasteiger partial charge in [-0.25, -0.2) is 0 Å². The van der Waals surface area contributed by atoms with Crippen LogP contribution in [-0.4, -0.2) is 9.97 Å². The molecule has 0 aromatic carbocycles. The van der Waals surface area contributed by atoms with Gasteiger partial charge in [0.1, 0.15) is 11.0 Å². The van der Waals surface area contributed by atoms with Crippen LogP contribution in [0.4, 0.5) is 0 Å². The summed E-state index contributed by atoms with van der Waals surface area (Å²) in [5.74, 6) is 1.34. The standard InChI is InChI=1S/C14H8N2O2/c1-3-11-9(15-5-1)7-13(17-11)14-8-10-12(18-14)4-2-6-16-10/h1-8H. The maximum Gasteiger partial charge on any atom is 0.172 e. The molecule has 4 rings (SSSR count). The first-order valence-electron chi connectivity index (χ1n) is 5.60. The number of rotatable bonds is 1. The molecule has 0 aliphatic carbocycles. The number of nitrogens with zero attached hydrogens (tertiary/aromatic N) is 2. The molecule has 0 fully saturated rings. The third-order valence-corrected chi connectivity index (χ3v) is 2.82. The largest absolute Gasteiger partial charge is 0.451 e. The number of aromatic nitrogens is 2. The van der Waals surface area contributed by atoms with Crippen molar-refractivity contribution in [2.75, 3.05) is 0 Å². The maximum absolute atomic E-state index is 5.70. The summed E-state index contributed by atoms with van der Waals surface area (Å²) in [6.45, 7) is 0. The van der Waals surface area contributed by atoms with E-state index < -0.39 is 0 Å². The highest BCUT2D eigenvalue weighted by Gasteiger charge is 2.11. The lowest BCUT2D eigenvalue weighted by Gasteiger charge is -1.87. The molecule has 0 atom stereocenters. The topological polar surface area (TPSA) is 52.1 Å². The van der Waals surface area contributed by atoms with E-state index in [4.69, 9.17) is 8.83 Å². The lowest BCUT2D eigenvalue weighted by molar-refractivity contribution is 0.569. The second-order valence-corrected chi connectivity index (χ2v) is 3.99. The Balaban J connectivity index is 1.95. The maximum atomic E-state index is 5.70. The van der Waals surface area contributed by atoms with Gasteiger partial charge in [-0.05, 0) is 24.3 Å². The lowest BCUT2D eigenvalue weighted by atomic mass is 10.3. The minimum absolute atomic E-state index is 0.668. The van der Waals surface area contributed by atoms with Gasteiger partial charge >= 0.3 is 0 Å². The van der Waals surface area contributed by atoms with Crippen molar-refractivity contribution >= 4 is 22.2 Å². The minimum atomic E-state index is 0.668. The van der Waals surface area contributed by atoms with Gasteiger partial charge in [-0.15, -0.1) is 0 Å². The molecular weight excluding hydrogens is 228 g/mol. The van der Waals surface area contributed by atoms with Crippen LogP contribution in [0.5, 0.6) is 0 Å². The van der Waals surface area contributed by atoms with Crippen LogP contribution >= 0.6 is 0 Å². The molecule has 0 saturated heterocycles. The molecular formula is C14H8N2O2. The summed E-state index contributed by atoms with van der Waals surface area (Å²) in [5, 5.41) is 0. The minimum Gasteiger partial charge on any atom is -0.451 e. The Hall–Kier alpha value is -2.62. The highest BCUT2D eigenvalue weighted by molar-refractivity contribution is 5.82. The fraction of sp³-hybridized carbons (Fsp3) is 0. The van der Waals surface area contributed by atoms with Crippen LogP contribution < -0.4 is 0 Å². The van der Waals surface area contributed by atoms with E-state index in [0.717, 1.165) is 22.2 Å². The molecule has 86 valence electrons.